The van der Waals surface area contributed by atoms with Crippen LogP contribution in [0.4, 0.5) is 11.5 Å². The van der Waals surface area contributed by atoms with Crippen molar-refractivity contribution in [2.75, 3.05) is 49.1 Å². The quantitative estimate of drug-likeness (QED) is 0.806. The molecule has 7 nitrogen and oxygen atoms in total. The maximum absolute atomic E-state index is 12.9. The number of hydrogen-bond donors (Lipinski definition) is 0. The van der Waals surface area contributed by atoms with Crippen LogP contribution in [0, 0.1) is 0 Å². The molecule has 0 spiro atoms. The molecular formula is C20H25N5O2. The van der Waals surface area contributed by atoms with Crippen molar-refractivity contribution in [2.24, 2.45) is 7.05 Å². The van der Waals surface area contributed by atoms with Gasteiger partial charge in [0.1, 0.15) is 0 Å². The molecule has 0 atom stereocenters. The van der Waals surface area contributed by atoms with Crippen LogP contribution < -0.4 is 15.4 Å². The average Bonchev–Trinajstić information content (AvgIpc) is 2.70. The van der Waals surface area contributed by atoms with Gasteiger partial charge < -0.3 is 14.4 Å². The van der Waals surface area contributed by atoms with Gasteiger partial charge in [-0.05, 0) is 24.5 Å². The minimum Gasteiger partial charge on any atom is -0.349 e. The van der Waals surface area contributed by atoms with Gasteiger partial charge >= 0.3 is 0 Å². The number of aryl methyl sites for hydroxylation is 2. The zero-order valence-corrected chi connectivity index (χ0v) is 15.7. The Morgan fingerprint density at radius 3 is 2.70 bits per heavy atom. The number of aromatic nitrogens is 2. The third-order valence-corrected chi connectivity index (χ3v) is 5.44. The van der Waals surface area contributed by atoms with Crippen molar-refractivity contribution in [3.63, 3.8) is 0 Å². The smallest absolute Gasteiger partial charge is 0.293 e. The van der Waals surface area contributed by atoms with E-state index in [9.17, 15) is 9.59 Å². The maximum atomic E-state index is 12.9. The third-order valence-electron chi connectivity index (χ3n) is 5.44. The van der Waals surface area contributed by atoms with Gasteiger partial charge in [0.15, 0.2) is 5.82 Å². The van der Waals surface area contributed by atoms with Gasteiger partial charge in [-0.3, -0.25) is 14.5 Å². The fourth-order valence-electron chi connectivity index (χ4n) is 3.89. The first kappa shape index (κ1) is 17.7. The first-order valence-corrected chi connectivity index (χ1v) is 9.51. The van der Waals surface area contributed by atoms with Gasteiger partial charge in [0, 0.05) is 57.9 Å². The Morgan fingerprint density at radius 2 is 1.89 bits per heavy atom. The predicted octanol–water partition coefficient (Wildman–Crippen LogP) is 0.882. The molecule has 142 valence electrons. The number of para-hydroxylation sites is 1. The molecule has 2 aliphatic rings. The maximum Gasteiger partial charge on any atom is 0.293 e. The van der Waals surface area contributed by atoms with Crippen LogP contribution in [0.5, 0.6) is 0 Å². The Kier molecular flexibility index (Phi) is 4.94. The van der Waals surface area contributed by atoms with E-state index < -0.39 is 0 Å². The molecule has 0 N–H and O–H groups in total. The lowest BCUT2D eigenvalue weighted by Crippen LogP contribution is -2.52. The fraction of sp³-hybridized carbons (Fsp3) is 0.450. The SMILES string of the molecule is Cn1ccnc(N2CCN(CC(=O)N3CCCc4ccccc43)CC2)c1=O. The lowest BCUT2D eigenvalue weighted by atomic mass is 10.0. The summed E-state index contributed by atoms with van der Waals surface area (Å²) in [5.74, 6) is 0.653. The highest BCUT2D eigenvalue weighted by atomic mass is 16.2. The minimum absolute atomic E-state index is 0.0769. The van der Waals surface area contributed by atoms with E-state index in [1.165, 1.54) is 5.56 Å². The normalized spacial score (nSPS) is 17.7. The molecule has 1 saturated heterocycles. The number of carbonyl (C=O) groups excluding carboxylic acids is 1. The van der Waals surface area contributed by atoms with E-state index >= 15 is 0 Å². The van der Waals surface area contributed by atoms with E-state index in [1.807, 2.05) is 28.0 Å². The lowest BCUT2D eigenvalue weighted by Gasteiger charge is -2.36. The molecule has 4 rings (SSSR count). The van der Waals surface area contributed by atoms with Gasteiger partial charge in [-0.2, -0.15) is 0 Å². The minimum atomic E-state index is -0.0769. The van der Waals surface area contributed by atoms with Crippen LogP contribution in [0.15, 0.2) is 41.5 Å². The topological polar surface area (TPSA) is 61.7 Å². The second-order valence-electron chi connectivity index (χ2n) is 7.21. The van der Waals surface area contributed by atoms with Crippen molar-refractivity contribution < 1.29 is 4.79 Å². The summed E-state index contributed by atoms with van der Waals surface area (Å²) in [7, 11) is 1.74. The molecule has 0 unspecified atom stereocenters. The molecule has 0 saturated carbocycles. The molecule has 2 aliphatic heterocycles. The van der Waals surface area contributed by atoms with Crippen LogP contribution in [-0.4, -0.2) is 59.6 Å². The van der Waals surface area contributed by atoms with E-state index in [0.29, 0.717) is 25.5 Å². The van der Waals surface area contributed by atoms with E-state index in [2.05, 4.69) is 16.0 Å². The van der Waals surface area contributed by atoms with Gasteiger partial charge in [-0.15, -0.1) is 0 Å². The molecule has 1 fully saturated rings. The number of rotatable bonds is 3. The van der Waals surface area contributed by atoms with Gasteiger partial charge in [-0.1, -0.05) is 18.2 Å². The van der Waals surface area contributed by atoms with Crippen LogP contribution in [0.3, 0.4) is 0 Å². The van der Waals surface area contributed by atoms with Crippen molar-refractivity contribution in [2.45, 2.75) is 12.8 Å². The summed E-state index contributed by atoms with van der Waals surface area (Å²) in [5.41, 5.74) is 2.24. The molecule has 0 bridgehead atoms. The number of hydrogen-bond acceptors (Lipinski definition) is 5. The van der Waals surface area contributed by atoms with Crippen molar-refractivity contribution in [1.29, 1.82) is 0 Å². The van der Waals surface area contributed by atoms with E-state index in [-0.39, 0.29) is 11.5 Å². The molecule has 3 heterocycles. The molecule has 1 amide bonds. The van der Waals surface area contributed by atoms with Crippen LogP contribution in [-0.2, 0) is 18.3 Å². The van der Waals surface area contributed by atoms with Gasteiger partial charge in [0.25, 0.3) is 5.56 Å². The van der Waals surface area contributed by atoms with Gasteiger partial charge in [-0.25, -0.2) is 4.98 Å². The van der Waals surface area contributed by atoms with E-state index in [1.54, 1.807) is 24.0 Å². The summed E-state index contributed by atoms with van der Waals surface area (Å²) in [6.07, 6.45) is 5.37. The largest absolute Gasteiger partial charge is 0.349 e. The van der Waals surface area contributed by atoms with Crippen LogP contribution in [0.1, 0.15) is 12.0 Å². The van der Waals surface area contributed by atoms with Crippen LogP contribution in [0.25, 0.3) is 0 Å². The molecule has 1 aromatic carbocycles. The number of amides is 1. The number of benzene rings is 1. The second-order valence-corrected chi connectivity index (χ2v) is 7.21. The van der Waals surface area contributed by atoms with Crippen molar-refractivity contribution in [1.82, 2.24) is 14.5 Å². The molecule has 27 heavy (non-hydrogen) atoms. The first-order valence-electron chi connectivity index (χ1n) is 9.51. The second kappa shape index (κ2) is 7.52. The first-order chi connectivity index (χ1) is 13.1. The summed E-state index contributed by atoms with van der Waals surface area (Å²) in [6, 6.07) is 8.19. The molecule has 2 aromatic rings. The predicted molar refractivity (Wildman–Crippen MR) is 105 cm³/mol. The van der Waals surface area contributed by atoms with Gasteiger partial charge in [0.2, 0.25) is 5.91 Å². The summed E-state index contributed by atoms with van der Waals surface area (Å²) in [5, 5.41) is 0. The number of anilines is 2. The third kappa shape index (κ3) is 3.60. The highest BCUT2D eigenvalue weighted by molar-refractivity contribution is 5.96. The lowest BCUT2D eigenvalue weighted by molar-refractivity contribution is -0.119. The van der Waals surface area contributed by atoms with Gasteiger partial charge in [0.05, 0.1) is 6.54 Å². The molecule has 1 aromatic heterocycles. The summed E-state index contributed by atoms with van der Waals surface area (Å²) in [6.45, 7) is 4.12. The highest BCUT2D eigenvalue weighted by Gasteiger charge is 2.26. The van der Waals surface area contributed by atoms with Crippen molar-refractivity contribution >= 4 is 17.4 Å². The number of fused-ring (bicyclic) bond motifs is 1. The van der Waals surface area contributed by atoms with Crippen LogP contribution >= 0.6 is 0 Å². The summed E-state index contributed by atoms with van der Waals surface area (Å²) in [4.78, 5) is 35.5. The Morgan fingerprint density at radius 1 is 1.11 bits per heavy atom. The zero-order chi connectivity index (χ0) is 18.8. The van der Waals surface area contributed by atoms with Crippen molar-refractivity contribution in [3.8, 4) is 0 Å². The Balaban J connectivity index is 1.38. The molecule has 7 heteroatoms. The summed E-state index contributed by atoms with van der Waals surface area (Å²) < 4.78 is 1.55. The number of nitrogens with zero attached hydrogens (tertiary/aromatic N) is 5. The molecule has 0 radical (unpaired) electrons. The average molecular weight is 367 g/mol. The fourth-order valence-corrected chi connectivity index (χ4v) is 3.89. The number of carbonyl (C=O) groups is 1. The molecular weight excluding hydrogens is 342 g/mol. The van der Waals surface area contributed by atoms with E-state index in [4.69, 9.17) is 0 Å². The number of piperazine rings is 1. The van der Waals surface area contributed by atoms with Crippen molar-refractivity contribution in [3.05, 3.63) is 52.6 Å². The Bertz CT molecular complexity index is 886. The Hall–Kier alpha value is -2.67. The highest BCUT2D eigenvalue weighted by Crippen LogP contribution is 2.26. The Labute approximate surface area is 158 Å². The zero-order valence-electron chi connectivity index (χ0n) is 15.7. The monoisotopic (exact) mass is 367 g/mol. The molecule has 0 aliphatic carbocycles. The van der Waals surface area contributed by atoms with Crippen LogP contribution in [0.2, 0.25) is 0 Å². The summed E-state index contributed by atoms with van der Waals surface area (Å²) >= 11 is 0. The standard InChI is InChI=1S/C20H25N5O2/c1-22-10-8-21-19(20(22)27)24-13-11-23(12-14-24)15-18(26)25-9-4-6-16-5-2-3-7-17(16)25/h2-3,5,7-8,10H,4,6,9,11-15H2,1H3. The van der Waals surface area contributed by atoms with E-state index in [0.717, 1.165) is 38.2 Å².